The number of hydrogen-bond acceptors (Lipinski definition) is 2. The summed E-state index contributed by atoms with van der Waals surface area (Å²) in [5.74, 6) is 0. The fraction of sp³-hybridized carbons (Fsp3) is 1.00. The number of alkyl halides is 1. The lowest BCUT2D eigenvalue weighted by Gasteiger charge is -2.42. The largest absolute Gasteiger partial charge is 0.377 e. The van der Waals surface area contributed by atoms with E-state index in [1.54, 1.807) is 0 Å². The van der Waals surface area contributed by atoms with E-state index in [1.165, 1.54) is 12.8 Å². The molecule has 2 aliphatic rings. The summed E-state index contributed by atoms with van der Waals surface area (Å²) in [6.07, 6.45) is 3.40. The molecule has 0 saturated carbocycles. The van der Waals surface area contributed by atoms with Gasteiger partial charge in [0.25, 0.3) is 0 Å². The maximum atomic E-state index is 13.0. The normalized spacial score (nSPS) is 43.2. The van der Waals surface area contributed by atoms with Gasteiger partial charge in [-0.25, -0.2) is 4.39 Å². The van der Waals surface area contributed by atoms with Gasteiger partial charge in [0, 0.05) is 12.0 Å². The molecule has 0 amide bonds. The number of hydrogen-bond donors (Lipinski definition) is 1. The molecular weight excluding hydrogens is 157 g/mol. The van der Waals surface area contributed by atoms with E-state index in [-0.39, 0.29) is 5.54 Å². The van der Waals surface area contributed by atoms with Crippen molar-refractivity contribution < 1.29 is 9.13 Å². The minimum Gasteiger partial charge on any atom is -0.377 e. The summed E-state index contributed by atoms with van der Waals surface area (Å²) in [6, 6.07) is 0. The van der Waals surface area contributed by atoms with Crippen molar-refractivity contribution in [1.29, 1.82) is 0 Å². The summed E-state index contributed by atoms with van der Waals surface area (Å²) in [4.78, 5) is 0. The molecule has 0 aromatic carbocycles. The first kappa shape index (κ1) is 8.45. The zero-order valence-corrected chi connectivity index (χ0v) is 7.31. The second-order valence-corrected chi connectivity index (χ2v) is 3.98. The second kappa shape index (κ2) is 3.30. The molecule has 0 aromatic rings. The number of nitrogens with one attached hydrogen (secondary N) is 1. The van der Waals surface area contributed by atoms with E-state index in [0.29, 0.717) is 19.6 Å². The lowest BCUT2D eigenvalue weighted by Crippen LogP contribution is -2.56. The molecular formula is C9H16FNO. The predicted octanol–water partition coefficient (Wildman–Crippen LogP) is 1.26. The van der Waals surface area contributed by atoms with E-state index >= 15 is 0 Å². The van der Waals surface area contributed by atoms with Crippen LogP contribution in [0.25, 0.3) is 0 Å². The van der Waals surface area contributed by atoms with Crippen molar-refractivity contribution in [3.05, 3.63) is 0 Å². The Kier molecular flexibility index (Phi) is 2.33. The van der Waals surface area contributed by atoms with Gasteiger partial charge < -0.3 is 10.1 Å². The van der Waals surface area contributed by atoms with Crippen molar-refractivity contribution in [3.8, 4) is 0 Å². The monoisotopic (exact) mass is 173 g/mol. The molecule has 2 rings (SSSR count). The Morgan fingerprint density at radius 3 is 3.00 bits per heavy atom. The Morgan fingerprint density at radius 2 is 2.33 bits per heavy atom. The molecule has 12 heavy (non-hydrogen) atoms. The Labute approximate surface area is 72.5 Å². The van der Waals surface area contributed by atoms with Gasteiger partial charge in [-0.3, -0.25) is 0 Å². The van der Waals surface area contributed by atoms with Crippen LogP contribution < -0.4 is 5.32 Å². The lowest BCUT2D eigenvalue weighted by atomic mass is 9.84. The molecule has 0 bridgehead atoms. The zero-order chi connectivity index (χ0) is 8.44. The summed E-state index contributed by atoms with van der Waals surface area (Å²) in [5.41, 5.74) is -0.0179. The Balaban J connectivity index is 1.97. The Hall–Kier alpha value is -0.150. The van der Waals surface area contributed by atoms with Crippen LogP contribution in [-0.2, 0) is 4.74 Å². The molecule has 1 spiro atoms. The molecule has 2 atom stereocenters. The number of rotatable bonds is 0. The third-order valence-electron chi connectivity index (χ3n) is 2.87. The van der Waals surface area contributed by atoms with Crippen LogP contribution in [0.5, 0.6) is 0 Å². The van der Waals surface area contributed by atoms with Crippen molar-refractivity contribution in [3.63, 3.8) is 0 Å². The number of ether oxygens (including phenoxy) is 1. The van der Waals surface area contributed by atoms with Gasteiger partial charge in [-0.2, -0.15) is 0 Å². The zero-order valence-electron chi connectivity index (χ0n) is 7.31. The van der Waals surface area contributed by atoms with Gasteiger partial charge in [0.2, 0.25) is 0 Å². The van der Waals surface area contributed by atoms with Crippen molar-refractivity contribution in [1.82, 2.24) is 5.32 Å². The van der Waals surface area contributed by atoms with Gasteiger partial charge in [-0.1, -0.05) is 6.42 Å². The number of halogens is 1. The van der Waals surface area contributed by atoms with Gasteiger partial charge >= 0.3 is 0 Å². The average molecular weight is 173 g/mol. The van der Waals surface area contributed by atoms with E-state index in [1.807, 2.05) is 0 Å². The van der Waals surface area contributed by atoms with Crippen LogP contribution in [0.1, 0.15) is 25.7 Å². The van der Waals surface area contributed by atoms with E-state index < -0.39 is 6.17 Å². The standard InChI is InChI=1S/C9H16FNO/c10-8-5-9(7-12-6-8)3-1-2-4-11-9/h8,11H,1-7H2. The van der Waals surface area contributed by atoms with Crippen LogP contribution in [0.15, 0.2) is 0 Å². The molecule has 2 heterocycles. The van der Waals surface area contributed by atoms with Crippen molar-refractivity contribution in [2.24, 2.45) is 0 Å². The maximum Gasteiger partial charge on any atom is 0.125 e. The van der Waals surface area contributed by atoms with Gasteiger partial charge in [0.1, 0.15) is 6.17 Å². The molecule has 0 radical (unpaired) electrons. The van der Waals surface area contributed by atoms with Crippen LogP contribution >= 0.6 is 0 Å². The summed E-state index contributed by atoms with van der Waals surface area (Å²) in [5, 5.41) is 3.40. The highest BCUT2D eigenvalue weighted by molar-refractivity contribution is 4.95. The molecule has 1 N–H and O–H groups in total. The predicted molar refractivity (Wildman–Crippen MR) is 44.9 cm³/mol. The molecule has 0 aliphatic carbocycles. The van der Waals surface area contributed by atoms with Crippen LogP contribution in [0.2, 0.25) is 0 Å². The van der Waals surface area contributed by atoms with Gasteiger partial charge in [0.05, 0.1) is 13.2 Å². The maximum absolute atomic E-state index is 13.0. The summed E-state index contributed by atoms with van der Waals surface area (Å²) in [6.45, 7) is 2.02. The molecule has 2 unspecified atom stereocenters. The van der Waals surface area contributed by atoms with Gasteiger partial charge in [-0.05, 0) is 19.4 Å². The summed E-state index contributed by atoms with van der Waals surface area (Å²) in [7, 11) is 0. The van der Waals surface area contributed by atoms with E-state index in [0.717, 1.165) is 13.0 Å². The highest BCUT2D eigenvalue weighted by Gasteiger charge is 2.37. The van der Waals surface area contributed by atoms with Gasteiger partial charge in [-0.15, -0.1) is 0 Å². The minimum atomic E-state index is -0.760. The molecule has 2 fully saturated rings. The molecule has 0 aromatic heterocycles. The fourth-order valence-electron chi connectivity index (χ4n) is 2.25. The van der Waals surface area contributed by atoms with Crippen LogP contribution in [0.3, 0.4) is 0 Å². The van der Waals surface area contributed by atoms with Crippen LogP contribution in [0, 0.1) is 0 Å². The third kappa shape index (κ3) is 1.62. The molecule has 3 heteroatoms. The van der Waals surface area contributed by atoms with Gasteiger partial charge in [0.15, 0.2) is 0 Å². The highest BCUT2D eigenvalue weighted by atomic mass is 19.1. The quantitative estimate of drug-likeness (QED) is 0.595. The highest BCUT2D eigenvalue weighted by Crippen LogP contribution is 2.29. The van der Waals surface area contributed by atoms with E-state index in [9.17, 15) is 4.39 Å². The lowest BCUT2D eigenvalue weighted by molar-refractivity contribution is -0.0366. The van der Waals surface area contributed by atoms with Crippen LogP contribution in [0.4, 0.5) is 4.39 Å². The number of piperidine rings is 1. The first-order chi connectivity index (χ1) is 5.81. The fourth-order valence-corrected chi connectivity index (χ4v) is 2.25. The van der Waals surface area contributed by atoms with E-state index in [2.05, 4.69) is 5.32 Å². The smallest absolute Gasteiger partial charge is 0.125 e. The molecule has 2 saturated heterocycles. The van der Waals surface area contributed by atoms with Crippen molar-refractivity contribution in [2.45, 2.75) is 37.4 Å². The summed E-state index contributed by atoms with van der Waals surface area (Å²) < 4.78 is 18.3. The first-order valence-electron chi connectivity index (χ1n) is 4.78. The van der Waals surface area contributed by atoms with Crippen molar-refractivity contribution >= 4 is 0 Å². The molecule has 2 aliphatic heterocycles. The third-order valence-corrected chi connectivity index (χ3v) is 2.87. The van der Waals surface area contributed by atoms with Crippen molar-refractivity contribution in [2.75, 3.05) is 19.8 Å². The average Bonchev–Trinajstić information content (AvgIpc) is 2.05. The molecule has 2 nitrogen and oxygen atoms in total. The van der Waals surface area contributed by atoms with E-state index in [4.69, 9.17) is 4.74 Å². The van der Waals surface area contributed by atoms with Crippen LogP contribution in [-0.4, -0.2) is 31.5 Å². The SMILES string of the molecule is FC1COCC2(CCCCN2)C1. The minimum absolute atomic E-state index is 0.0179. The molecule has 70 valence electrons. The Bertz CT molecular complexity index is 151. The second-order valence-electron chi connectivity index (χ2n) is 3.98. The summed E-state index contributed by atoms with van der Waals surface area (Å²) >= 11 is 0. The first-order valence-corrected chi connectivity index (χ1v) is 4.78. The topological polar surface area (TPSA) is 21.3 Å². The Morgan fingerprint density at radius 1 is 1.42 bits per heavy atom.